The summed E-state index contributed by atoms with van der Waals surface area (Å²) in [5.41, 5.74) is 1.36. The Morgan fingerprint density at radius 2 is 1.87 bits per heavy atom. The summed E-state index contributed by atoms with van der Waals surface area (Å²) in [4.78, 5) is 2.35. The highest BCUT2D eigenvalue weighted by molar-refractivity contribution is 7.91. The van der Waals surface area contributed by atoms with E-state index in [9.17, 15) is 18.1 Å². The van der Waals surface area contributed by atoms with Crippen molar-refractivity contribution in [2.24, 2.45) is 5.92 Å². The zero-order valence-electron chi connectivity index (χ0n) is 18.0. The average molecular weight is 504 g/mol. The van der Waals surface area contributed by atoms with E-state index in [0.29, 0.717) is 5.82 Å². The molecule has 0 spiro atoms. The normalized spacial score (nSPS) is 13.8. The second-order valence-corrected chi connectivity index (χ2v) is 12.9. The molecule has 9 nitrogen and oxygen atoms in total. The molecule has 13 heteroatoms. The molecule has 31 heavy (non-hydrogen) atoms. The quantitative estimate of drug-likeness (QED) is 0.384. The summed E-state index contributed by atoms with van der Waals surface area (Å²) < 4.78 is 45.7. The van der Waals surface area contributed by atoms with Gasteiger partial charge in [-0.2, -0.15) is 0 Å². The molecule has 0 amide bonds. The van der Waals surface area contributed by atoms with Crippen LogP contribution in [0.3, 0.4) is 0 Å². The Hall–Kier alpha value is -1.77. The molecule has 0 saturated heterocycles. The summed E-state index contributed by atoms with van der Waals surface area (Å²) in [6.45, 7) is 8.27. The van der Waals surface area contributed by atoms with Crippen molar-refractivity contribution in [1.29, 1.82) is 0 Å². The molecule has 1 unspecified atom stereocenters. The lowest BCUT2D eigenvalue weighted by molar-refractivity contribution is 0.460. The van der Waals surface area contributed by atoms with E-state index in [2.05, 4.69) is 53.1 Å². The summed E-state index contributed by atoms with van der Waals surface area (Å²) in [7, 11) is -1.02. The zero-order valence-corrected chi connectivity index (χ0v) is 21.2. The molecule has 3 aromatic heterocycles. The molecular formula is C18H25N5O4S4. The van der Waals surface area contributed by atoms with Crippen molar-refractivity contribution < 1.29 is 18.1 Å². The molecule has 3 aromatic rings. The molecule has 3 heterocycles. The molecule has 0 fully saturated rings. The summed E-state index contributed by atoms with van der Waals surface area (Å²) in [6.07, 6.45) is 0. The van der Waals surface area contributed by atoms with E-state index < -0.39 is 26.9 Å². The number of thiophene rings is 2. The van der Waals surface area contributed by atoms with Crippen LogP contribution in [0.15, 0.2) is 15.7 Å². The highest BCUT2D eigenvalue weighted by atomic mass is 32.2. The van der Waals surface area contributed by atoms with Gasteiger partial charge in [-0.05, 0) is 31.4 Å². The van der Waals surface area contributed by atoms with Crippen molar-refractivity contribution in [2.75, 3.05) is 24.7 Å². The maximum atomic E-state index is 12.4. The third-order valence-corrected chi connectivity index (χ3v) is 9.93. The first-order chi connectivity index (χ1) is 14.4. The topological polar surface area (TPSA) is 131 Å². The SMILES string of the molecule is Cc1cc([C@H](Nc2n[s+]([O-])nc2Nc2csc(S(=O)(=O)N(C)C)c2O)C(C)C)sc1C. The summed E-state index contributed by atoms with van der Waals surface area (Å²) in [6, 6.07) is 2.04. The van der Waals surface area contributed by atoms with Gasteiger partial charge in [0.05, 0.1) is 11.7 Å². The van der Waals surface area contributed by atoms with Gasteiger partial charge >= 0.3 is 0 Å². The zero-order chi connectivity index (χ0) is 23.1. The fourth-order valence-corrected chi connectivity index (χ4v) is 7.08. The Kier molecular flexibility index (Phi) is 6.93. The number of hydrogen-bond acceptors (Lipinski definition) is 10. The number of rotatable bonds is 8. The second kappa shape index (κ2) is 9.00. The van der Waals surface area contributed by atoms with Crippen LogP contribution in [-0.2, 0) is 10.0 Å². The fraction of sp³-hybridized carbons (Fsp3) is 0.444. The first kappa shape index (κ1) is 23.9. The standard InChI is InChI=1S/C18H25N5O4S4/c1-9(2)14(13-7-10(3)11(4)29-13)20-17-16(21-30(25)22-17)19-12-8-28-18(15(12)24)31(26,27)23(5)6/h7-9,14,24H,1-6H3,(H,19,21)(H,20,22)/t14-,30?/m1/s1. The predicted octanol–water partition coefficient (Wildman–Crippen LogP) is 4.45. The van der Waals surface area contributed by atoms with E-state index in [4.69, 9.17) is 0 Å². The number of sulfonamides is 1. The van der Waals surface area contributed by atoms with E-state index in [-0.39, 0.29) is 27.7 Å². The van der Waals surface area contributed by atoms with Crippen LogP contribution in [0.4, 0.5) is 17.3 Å². The number of hydrogen-bond donors (Lipinski definition) is 3. The van der Waals surface area contributed by atoms with Gasteiger partial charge in [0, 0.05) is 38.0 Å². The van der Waals surface area contributed by atoms with E-state index >= 15 is 0 Å². The minimum absolute atomic E-state index is 0.0843. The van der Waals surface area contributed by atoms with E-state index in [1.807, 2.05) is 0 Å². The highest BCUT2D eigenvalue weighted by Gasteiger charge is 2.28. The van der Waals surface area contributed by atoms with Crippen molar-refractivity contribution in [3.05, 3.63) is 26.8 Å². The third-order valence-electron chi connectivity index (χ3n) is 4.71. The van der Waals surface area contributed by atoms with Gasteiger partial charge in [-0.1, -0.05) is 13.8 Å². The van der Waals surface area contributed by atoms with Crippen LogP contribution < -0.4 is 10.6 Å². The van der Waals surface area contributed by atoms with Gasteiger partial charge in [-0.25, -0.2) is 12.7 Å². The van der Waals surface area contributed by atoms with Gasteiger partial charge in [0.1, 0.15) is 0 Å². The molecule has 3 N–H and O–H groups in total. The molecule has 0 saturated carbocycles. The lowest BCUT2D eigenvalue weighted by Crippen LogP contribution is -2.21. The van der Waals surface area contributed by atoms with Gasteiger partial charge in [0.2, 0.25) is 11.6 Å². The molecule has 170 valence electrons. The van der Waals surface area contributed by atoms with Gasteiger partial charge in [0.15, 0.2) is 21.1 Å². The largest absolute Gasteiger partial charge is 0.546 e. The van der Waals surface area contributed by atoms with Gasteiger partial charge in [0.25, 0.3) is 10.0 Å². The van der Waals surface area contributed by atoms with Crippen molar-refractivity contribution in [2.45, 2.75) is 37.9 Å². The first-order valence-electron chi connectivity index (χ1n) is 9.35. The van der Waals surface area contributed by atoms with Crippen molar-refractivity contribution in [1.82, 2.24) is 13.1 Å². The maximum absolute atomic E-state index is 12.4. The van der Waals surface area contributed by atoms with E-state index in [0.717, 1.165) is 20.5 Å². The fourth-order valence-electron chi connectivity index (χ4n) is 2.81. The second-order valence-electron chi connectivity index (χ2n) is 7.56. The highest BCUT2D eigenvalue weighted by Crippen LogP contribution is 2.42. The molecule has 0 aliphatic carbocycles. The summed E-state index contributed by atoms with van der Waals surface area (Å²) >= 11 is 0.757. The predicted molar refractivity (Wildman–Crippen MR) is 126 cm³/mol. The number of aromatic hydroxyl groups is 1. The number of anilines is 3. The van der Waals surface area contributed by atoms with E-state index in [1.54, 1.807) is 11.3 Å². The third kappa shape index (κ3) is 4.86. The number of nitrogens with one attached hydrogen (secondary N) is 2. The summed E-state index contributed by atoms with van der Waals surface area (Å²) in [5.74, 6) is 0.268. The van der Waals surface area contributed by atoms with Crippen LogP contribution in [-0.4, -0.2) is 45.2 Å². The first-order valence-corrected chi connectivity index (χ1v) is 13.5. The van der Waals surface area contributed by atoms with Crippen LogP contribution in [0.2, 0.25) is 0 Å². The Bertz CT molecular complexity index is 1160. The Labute approximate surface area is 192 Å². The molecule has 0 bridgehead atoms. The number of aryl methyl sites for hydroxylation is 2. The maximum Gasteiger partial charge on any atom is 0.255 e. The minimum Gasteiger partial charge on any atom is -0.546 e. The number of aromatic nitrogens is 2. The van der Waals surface area contributed by atoms with Crippen LogP contribution in [0.25, 0.3) is 0 Å². The monoisotopic (exact) mass is 503 g/mol. The molecule has 2 atom stereocenters. The molecule has 0 radical (unpaired) electrons. The van der Waals surface area contributed by atoms with Crippen LogP contribution in [0.1, 0.15) is 35.2 Å². The Balaban J connectivity index is 1.92. The molecule has 3 rings (SSSR count). The number of nitrogens with zero attached hydrogens (tertiary/aromatic N) is 3. The smallest absolute Gasteiger partial charge is 0.255 e. The van der Waals surface area contributed by atoms with Crippen LogP contribution >= 0.6 is 33.8 Å². The van der Waals surface area contributed by atoms with Crippen molar-refractivity contribution in [3.8, 4) is 5.75 Å². The Morgan fingerprint density at radius 1 is 1.23 bits per heavy atom. The van der Waals surface area contributed by atoms with E-state index in [1.165, 1.54) is 29.9 Å². The van der Waals surface area contributed by atoms with Gasteiger partial charge in [-0.3, -0.25) is 0 Å². The van der Waals surface area contributed by atoms with Gasteiger partial charge < -0.3 is 20.3 Å². The van der Waals surface area contributed by atoms with Crippen LogP contribution in [0, 0.1) is 19.8 Å². The lowest BCUT2D eigenvalue weighted by atomic mass is 10.0. The summed E-state index contributed by atoms with van der Waals surface area (Å²) in [5, 5.41) is 18.1. The van der Waals surface area contributed by atoms with Crippen molar-refractivity contribution >= 4 is 61.2 Å². The molecule has 0 aromatic carbocycles. The van der Waals surface area contributed by atoms with Gasteiger partial charge in [-0.15, -0.1) is 22.7 Å². The Morgan fingerprint density at radius 3 is 2.42 bits per heavy atom. The molecule has 0 aliphatic heterocycles. The molecule has 0 aliphatic rings. The molecular weight excluding hydrogens is 478 g/mol. The average Bonchev–Trinajstić information content (AvgIpc) is 3.31. The van der Waals surface area contributed by atoms with Crippen molar-refractivity contribution in [3.63, 3.8) is 0 Å². The van der Waals surface area contributed by atoms with Crippen LogP contribution in [0.5, 0.6) is 5.75 Å². The lowest BCUT2D eigenvalue weighted by Gasteiger charge is -2.20. The minimum atomic E-state index is -3.80.